The topological polar surface area (TPSA) is 38.3 Å². The van der Waals surface area contributed by atoms with Crippen LogP contribution in [0.2, 0.25) is 0 Å². The third-order valence-electron chi connectivity index (χ3n) is 2.95. The smallest absolute Gasteiger partial charge is 0.265 e. The molecule has 2 aromatic carbocycles. The van der Waals surface area contributed by atoms with Crippen molar-refractivity contribution in [1.82, 2.24) is 0 Å². The number of benzene rings is 2. The van der Waals surface area contributed by atoms with E-state index in [1.165, 1.54) is 12.1 Å². The zero-order valence-corrected chi connectivity index (χ0v) is 13.3. The van der Waals surface area contributed by atoms with Crippen LogP contribution in [0.25, 0.3) is 0 Å². The van der Waals surface area contributed by atoms with Gasteiger partial charge < -0.3 is 10.1 Å². The van der Waals surface area contributed by atoms with Crippen molar-refractivity contribution in [3.8, 4) is 5.75 Å². The molecule has 1 N–H and O–H groups in total. The highest BCUT2D eigenvalue weighted by Gasteiger charge is 2.16. The van der Waals surface area contributed by atoms with Gasteiger partial charge >= 0.3 is 0 Å². The molecule has 0 bridgehead atoms. The molecular weight excluding hydrogens is 337 g/mol. The lowest BCUT2D eigenvalue weighted by Crippen LogP contribution is -2.30. The number of amides is 1. The molecule has 3 nitrogen and oxygen atoms in total. The third kappa shape index (κ3) is 4.29. The first-order valence-electron chi connectivity index (χ1n) is 6.45. The van der Waals surface area contributed by atoms with E-state index in [-0.39, 0.29) is 5.91 Å². The maximum Gasteiger partial charge on any atom is 0.265 e. The van der Waals surface area contributed by atoms with E-state index in [9.17, 15) is 9.18 Å². The van der Waals surface area contributed by atoms with Gasteiger partial charge in [0.1, 0.15) is 11.6 Å². The van der Waals surface area contributed by atoms with Gasteiger partial charge in [-0.1, -0.05) is 22.0 Å². The number of nitrogens with one attached hydrogen (secondary N) is 1. The van der Waals surface area contributed by atoms with Gasteiger partial charge in [-0.15, -0.1) is 0 Å². The summed E-state index contributed by atoms with van der Waals surface area (Å²) in [6, 6.07) is 11.5. The zero-order valence-electron chi connectivity index (χ0n) is 11.7. The first-order chi connectivity index (χ1) is 9.95. The average molecular weight is 352 g/mol. The Morgan fingerprint density at radius 3 is 2.57 bits per heavy atom. The molecule has 0 heterocycles. The second-order valence-corrected chi connectivity index (χ2v) is 5.58. The van der Waals surface area contributed by atoms with E-state index < -0.39 is 11.9 Å². The van der Waals surface area contributed by atoms with Gasteiger partial charge in [0, 0.05) is 10.2 Å². The van der Waals surface area contributed by atoms with Crippen LogP contribution >= 0.6 is 15.9 Å². The van der Waals surface area contributed by atoms with Gasteiger partial charge in [-0.2, -0.15) is 0 Å². The Labute approximate surface area is 131 Å². The Kier molecular flexibility index (Phi) is 4.96. The quantitative estimate of drug-likeness (QED) is 0.891. The standard InChI is InChI=1S/C16H15BrFNO2/c1-10-3-6-13(18)9-15(10)19-16(20)11(2)21-14-7-4-12(17)5-8-14/h3-9,11H,1-2H3,(H,19,20). The molecule has 0 aliphatic rings. The summed E-state index contributed by atoms with van der Waals surface area (Å²) in [4.78, 5) is 12.1. The second-order valence-electron chi connectivity index (χ2n) is 4.66. The Morgan fingerprint density at radius 1 is 1.24 bits per heavy atom. The summed E-state index contributed by atoms with van der Waals surface area (Å²) in [7, 11) is 0. The number of hydrogen-bond acceptors (Lipinski definition) is 2. The molecule has 0 saturated heterocycles. The van der Waals surface area contributed by atoms with Crippen molar-refractivity contribution in [3.63, 3.8) is 0 Å². The molecule has 2 aromatic rings. The van der Waals surface area contributed by atoms with Crippen LogP contribution in [-0.2, 0) is 4.79 Å². The maximum absolute atomic E-state index is 13.2. The molecule has 0 saturated carbocycles. The lowest BCUT2D eigenvalue weighted by atomic mass is 10.2. The van der Waals surface area contributed by atoms with Crippen molar-refractivity contribution < 1.29 is 13.9 Å². The van der Waals surface area contributed by atoms with Crippen molar-refractivity contribution in [2.75, 3.05) is 5.32 Å². The van der Waals surface area contributed by atoms with E-state index in [0.29, 0.717) is 11.4 Å². The molecule has 110 valence electrons. The van der Waals surface area contributed by atoms with Crippen molar-refractivity contribution in [2.45, 2.75) is 20.0 Å². The third-order valence-corrected chi connectivity index (χ3v) is 3.48. The molecule has 0 spiro atoms. The van der Waals surface area contributed by atoms with Crippen LogP contribution in [0.4, 0.5) is 10.1 Å². The van der Waals surface area contributed by atoms with Gasteiger partial charge in [0.05, 0.1) is 0 Å². The Bertz CT molecular complexity index is 643. The van der Waals surface area contributed by atoms with E-state index in [2.05, 4.69) is 21.2 Å². The first kappa shape index (κ1) is 15.5. The fraction of sp³-hybridized carbons (Fsp3) is 0.188. The highest BCUT2D eigenvalue weighted by molar-refractivity contribution is 9.10. The molecule has 0 aromatic heterocycles. The number of aryl methyl sites for hydroxylation is 1. The summed E-state index contributed by atoms with van der Waals surface area (Å²) in [5.41, 5.74) is 1.24. The number of anilines is 1. The molecule has 1 atom stereocenters. The fourth-order valence-electron chi connectivity index (χ4n) is 1.73. The SMILES string of the molecule is Cc1ccc(F)cc1NC(=O)C(C)Oc1ccc(Br)cc1. The van der Waals surface area contributed by atoms with Crippen molar-refractivity contribution in [2.24, 2.45) is 0 Å². The van der Waals surface area contributed by atoms with Crippen LogP contribution in [0.5, 0.6) is 5.75 Å². The van der Waals surface area contributed by atoms with Gasteiger partial charge in [0.15, 0.2) is 6.10 Å². The van der Waals surface area contributed by atoms with Crippen LogP contribution < -0.4 is 10.1 Å². The molecule has 2 rings (SSSR count). The minimum Gasteiger partial charge on any atom is -0.481 e. The van der Waals surface area contributed by atoms with E-state index >= 15 is 0 Å². The zero-order chi connectivity index (χ0) is 15.4. The van der Waals surface area contributed by atoms with Gasteiger partial charge in [0.25, 0.3) is 5.91 Å². The molecule has 0 aliphatic carbocycles. The van der Waals surface area contributed by atoms with Gasteiger partial charge in [-0.25, -0.2) is 4.39 Å². The lowest BCUT2D eigenvalue weighted by Gasteiger charge is -2.15. The van der Waals surface area contributed by atoms with Crippen LogP contribution in [-0.4, -0.2) is 12.0 Å². The monoisotopic (exact) mass is 351 g/mol. The Hall–Kier alpha value is -1.88. The molecule has 1 amide bonds. The van der Waals surface area contributed by atoms with Crippen LogP contribution in [0, 0.1) is 12.7 Å². The van der Waals surface area contributed by atoms with Crippen LogP contribution in [0.15, 0.2) is 46.9 Å². The summed E-state index contributed by atoms with van der Waals surface area (Å²) in [5, 5.41) is 2.67. The van der Waals surface area contributed by atoms with E-state index in [1.54, 1.807) is 32.0 Å². The summed E-state index contributed by atoms with van der Waals surface area (Å²) >= 11 is 3.33. The van der Waals surface area contributed by atoms with E-state index in [4.69, 9.17) is 4.74 Å². The minimum absolute atomic E-state index is 0.327. The number of halogens is 2. The van der Waals surface area contributed by atoms with Gasteiger partial charge in [-0.3, -0.25) is 4.79 Å². The Morgan fingerprint density at radius 2 is 1.90 bits per heavy atom. The fourth-order valence-corrected chi connectivity index (χ4v) is 2.00. The number of ether oxygens (including phenoxy) is 1. The summed E-state index contributed by atoms with van der Waals surface area (Å²) < 4.78 is 19.7. The lowest BCUT2D eigenvalue weighted by molar-refractivity contribution is -0.122. The molecule has 0 radical (unpaired) electrons. The molecule has 0 aliphatic heterocycles. The predicted molar refractivity (Wildman–Crippen MR) is 84.0 cm³/mol. The maximum atomic E-state index is 13.2. The Balaban J connectivity index is 2.02. The van der Waals surface area contributed by atoms with Gasteiger partial charge in [-0.05, 0) is 55.8 Å². The molecule has 21 heavy (non-hydrogen) atoms. The van der Waals surface area contributed by atoms with Crippen molar-refractivity contribution >= 4 is 27.5 Å². The molecule has 0 fully saturated rings. The van der Waals surface area contributed by atoms with E-state index in [1.807, 2.05) is 12.1 Å². The van der Waals surface area contributed by atoms with Crippen molar-refractivity contribution in [3.05, 3.63) is 58.3 Å². The summed E-state index contributed by atoms with van der Waals surface area (Å²) in [6.07, 6.45) is -0.686. The van der Waals surface area contributed by atoms with Crippen LogP contribution in [0.3, 0.4) is 0 Å². The number of carbonyl (C=O) groups excluding carboxylic acids is 1. The first-order valence-corrected chi connectivity index (χ1v) is 7.24. The summed E-state index contributed by atoms with van der Waals surface area (Å²) in [6.45, 7) is 3.45. The molecule has 1 unspecified atom stereocenters. The highest BCUT2D eigenvalue weighted by Crippen LogP contribution is 2.19. The van der Waals surface area contributed by atoms with Crippen LogP contribution in [0.1, 0.15) is 12.5 Å². The highest BCUT2D eigenvalue weighted by atomic mass is 79.9. The number of carbonyl (C=O) groups is 1. The van der Waals surface area contributed by atoms with Gasteiger partial charge in [0.2, 0.25) is 0 Å². The summed E-state index contributed by atoms with van der Waals surface area (Å²) in [5.74, 6) is -0.124. The number of rotatable bonds is 4. The normalized spacial score (nSPS) is 11.8. The largest absolute Gasteiger partial charge is 0.481 e. The molecule has 5 heteroatoms. The molecular formula is C16H15BrFNO2. The van der Waals surface area contributed by atoms with E-state index in [0.717, 1.165) is 10.0 Å². The second kappa shape index (κ2) is 6.72. The van der Waals surface area contributed by atoms with Crippen molar-refractivity contribution in [1.29, 1.82) is 0 Å². The minimum atomic E-state index is -0.686. The number of hydrogen-bond donors (Lipinski definition) is 1. The average Bonchev–Trinajstić information content (AvgIpc) is 2.45. The predicted octanol–water partition coefficient (Wildman–Crippen LogP) is 4.30.